The summed E-state index contributed by atoms with van der Waals surface area (Å²) in [6.45, 7) is 5.27. The number of methoxy groups -OCH3 is 1. The molecule has 1 heterocycles. The standard InChI is InChI=1S/C16H20ClNO3/c1-16(2)13(10-6-7-21-14(10)16)18-9-4-5-12(17)11(8-9)15(19)20-3/h4-5,8,10,13-14,18H,6-7H2,1-3H3. The molecule has 5 heteroatoms. The van der Waals surface area contributed by atoms with Crippen LogP contribution in [0.25, 0.3) is 0 Å². The van der Waals surface area contributed by atoms with Gasteiger partial charge < -0.3 is 14.8 Å². The van der Waals surface area contributed by atoms with E-state index in [1.807, 2.05) is 6.07 Å². The van der Waals surface area contributed by atoms with Crippen LogP contribution >= 0.6 is 11.6 Å². The summed E-state index contributed by atoms with van der Waals surface area (Å²) in [6, 6.07) is 5.72. The Morgan fingerprint density at radius 2 is 2.24 bits per heavy atom. The number of rotatable bonds is 3. The number of hydrogen-bond acceptors (Lipinski definition) is 4. The molecular formula is C16H20ClNO3. The monoisotopic (exact) mass is 309 g/mol. The van der Waals surface area contributed by atoms with E-state index in [2.05, 4.69) is 19.2 Å². The molecule has 3 unspecified atom stereocenters. The lowest BCUT2D eigenvalue weighted by Crippen LogP contribution is -2.63. The number of carbonyl (C=O) groups excluding carboxylic acids is 1. The van der Waals surface area contributed by atoms with Gasteiger partial charge in [0, 0.05) is 29.7 Å². The molecule has 1 saturated carbocycles. The molecule has 2 aliphatic rings. The van der Waals surface area contributed by atoms with Gasteiger partial charge in [0.05, 0.1) is 23.8 Å². The minimum atomic E-state index is -0.418. The summed E-state index contributed by atoms with van der Waals surface area (Å²) in [5.74, 6) is 0.121. The number of carbonyl (C=O) groups is 1. The molecule has 21 heavy (non-hydrogen) atoms. The maximum absolute atomic E-state index is 11.7. The molecule has 1 aliphatic heterocycles. The van der Waals surface area contributed by atoms with Gasteiger partial charge in [-0.25, -0.2) is 4.79 Å². The van der Waals surface area contributed by atoms with Gasteiger partial charge in [0.1, 0.15) is 0 Å². The molecule has 3 atom stereocenters. The van der Waals surface area contributed by atoms with E-state index in [9.17, 15) is 4.79 Å². The predicted molar refractivity (Wildman–Crippen MR) is 81.8 cm³/mol. The van der Waals surface area contributed by atoms with Crippen molar-refractivity contribution in [3.8, 4) is 0 Å². The first-order chi connectivity index (χ1) is 9.95. The second kappa shape index (κ2) is 5.18. The highest BCUT2D eigenvalue weighted by atomic mass is 35.5. The average molecular weight is 310 g/mol. The summed E-state index contributed by atoms with van der Waals surface area (Å²) in [4.78, 5) is 11.7. The van der Waals surface area contributed by atoms with Crippen LogP contribution in [0.5, 0.6) is 0 Å². The highest BCUT2D eigenvalue weighted by Crippen LogP contribution is 2.53. The van der Waals surface area contributed by atoms with Crippen molar-refractivity contribution in [2.45, 2.75) is 32.4 Å². The third kappa shape index (κ3) is 2.30. The Balaban J connectivity index is 1.81. The molecule has 1 saturated heterocycles. The van der Waals surface area contributed by atoms with Crippen LogP contribution in [0.4, 0.5) is 5.69 Å². The van der Waals surface area contributed by atoms with E-state index in [-0.39, 0.29) is 5.41 Å². The molecule has 1 N–H and O–H groups in total. The number of nitrogens with one attached hydrogen (secondary N) is 1. The number of fused-ring (bicyclic) bond motifs is 1. The van der Waals surface area contributed by atoms with Crippen molar-refractivity contribution in [2.24, 2.45) is 11.3 Å². The number of ether oxygens (including phenoxy) is 2. The van der Waals surface area contributed by atoms with Gasteiger partial charge in [-0.05, 0) is 24.6 Å². The Hall–Kier alpha value is -1.26. The van der Waals surface area contributed by atoms with Crippen LogP contribution in [0.1, 0.15) is 30.6 Å². The van der Waals surface area contributed by atoms with Crippen molar-refractivity contribution in [3.05, 3.63) is 28.8 Å². The largest absolute Gasteiger partial charge is 0.465 e. The summed E-state index contributed by atoms with van der Waals surface area (Å²) in [5.41, 5.74) is 1.37. The molecule has 1 aromatic rings. The SMILES string of the molecule is COC(=O)c1cc(NC2C3CCOC3C2(C)C)ccc1Cl. The summed E-state index contributed by atoms with van der Waals surface area (Å²) >= 11 is 6.05. The van der Waals surface area contributed by atoms with Gasteiger partial charge in [-0.15, -0.1) is 0 Å². The predicted octanol–water partition coefficient (Wildman–Crippen LogP) is 3.35. The Morgan fingerprint density at radius 3 is 2.95 bits per heavy atom. The fraction of sp³-hybridized carbons (Fsp3) is 0.562. The van der Waals surface area contributed by atoms with E-state index in [1.165, 1.54) is 7.11 Å². The quantitative estimate of drug-likeness (QED) is 0.870. The van der Waals surface area contributed by atoms with Crippen LogP contribution in [0.2, 0.25) is 5.02 Å². The third-order valence-electron chi connectivity index (χ3n) is 4.79. The minimum absolute atomic E-state index is 0.0895. The van der Waals surface area contributed by atoms with Crippen molar-refractivity contribution in [3.63, 3.8) is 0 Å². The fourth-order valence-corrected chi connectivity index (χ4v) is 3.87. The van der Waals surface area contributed by atoms with E-state index in [0.29, 0.717) is 28.6 Å². The lowest BCUT2D eigenvalue weighted by molar-refractivity contribution is -0.0923. The molecule has 0 bridgehead atoms. The number of anilines is 1. The molecule has 0 aromatic heterocycles. The molecule has 114 valence electrons. The van der Waals surface area contributed by atoms with Gasteiger partial charge in [0.15, 0.2) is 0 Å². The minimum Gasteiger partial charge on any atom is -0.465 e. The number of halogens is 1. The lowest BCUT2D eigenvalue weighted by atomic mass is 9.57. The number of esters is 1. The molecule has 3 rings (SSSR count). The summed E-state index contributed by atoms with van der Waals surface area (Å²) < 4.78 is 10.6. The molecule has 4 nitrogen and oxygen atoms in total. The zero-order valence-corrected chi connectivity index (χ0v) is 13.2. The smallest absolute Gasteiger partial charge is 0.339 e. The van der Waals surface area contributed by atoms with Crippen LogP contribution < -0.4 is 5.32 Å². The Morgan fingerprint density at radius 1 is 1.48 bits per heavy atom. The van der Waals surface area contributed by atoms with E-state index >= 15 is 0 Å². The van der Waals surface area contributed by atoms with Crippen LogP contribution in [0.3, 0.4) is 0 Å². The molecule has 0 amide bonds. The zero-order chi connectivity index (χ0) is 15.2. The van der Waals surface area contributed by atoms with Crippen molar-refractivity contribution in [1.82, 2.24) is 0 Å². The van der Waals surface area contributed by atoms with Gasteiger partial charge in [-0.2, -0.15) is 0 Å². The van der Waals surface area contributed by atoms with Crippen LogP contribution in [0.15, 0.2) is 18.2 Å². The van der Waals surface area contributed by atoms with Crippen LogP contribution in [-0.2, 0) is 9.47 Å². The van der Waals surface area contributed by atoms with Crippen molar-refractivity contribution in [1.29, 1.82) is 0 Å². The van der Waals surface area contributed by atoms with E-state index in [4.69, 9.17) is 21.1 Å². The molecule has 1 aromatic carbocycles. The molecule has 1 aliphatic carbocycles. The first kappa shape index (κ1) is 14.7. The topological polar surface area (TPSA) is 47.6 Å². The normalized spacial score (nSPS) is 29.4. The van der Waals surface area contributed by atoms with Gasteiger partial charge in [0.25, 0.3) is 0 Å². The third-order valence-corrected chi connectivity index (χ3v) is 5.12. The van der Waals surface area contributed by atoms with E-state index < -0.39 is 5.97 Å². The summed E-state index contributed by atoms with van der Waals surface area (Å²) in [7, 11) is 1.36. The molecule has 2 fully saturated rings. The number of hydrogen-bond donors (Lipinski definition) is 1. The van der Waals surface area contributed by atoms with Gasteiger partial charge in [0.2, 0.25) is 0 Å². The van der Waals surface area contributed by atoms with Gasteiger partial charge in [-0.1, -0.05) is 25.4 Å². The van der Waals surface area contributed by atoms with Crippen molar-refractivity contribution in [2.75, 3.05) is 19.0 Å². The first-order valence-corrected chi connectivity index (χ1v) is 7.59. The number of benzene rings is 1. The Bertz CT molecular complexity index is 573. The highest BCUT2D eigenvalue weighted by molar-refractivity contribution is 6.33. The molecule has 0 spiro atoms. The maximum atomic E-state index is 11.7. The van der Waals surface area contributed by atoms with Crippen LogP contribution in [0, 0.1) is 11.3 Å². The van der Waals surface area contributed by atoms with E-state index in [1.54, 1.807) is 12.1 Å². The Kier molecular flexibility index (Phi) is 3.62. The Labute approximate surface area is 129 Å². The first-order valence-electron chi connectivity index (χ1n) is 7.21. The van der Waals surface area contributed by atoms with Crippen LogP contribution in [-0.4, -0.2) is 31.8 Å². The fourth-order valence-electron chi connectivity index (χ4n) is 3.68. The molecular weight excluding hydrogens is 290 g/mol. The second-order valence-electron chi connectivity index (χ2n) is 6.37. The summed E-state index contributed by atoms with van der Waals surface area (Å²) in [5, 5.41) is 3.95. The molecule has 0 radical (unpaired) electrons. The van der Waals surface area contributed by atoms with Crippen molar-refractivity contribution < 1.29 is 14.3 Å². The average Bonchev–Trinajstić information content (AvgIpc) is 2.92. The van der Waals surface area contributed by atoms with Gasteiger partial charge in [-0.3, -0.25) is 0 Å². The van der Waals surface area contributed by atoms with E-state index in [0.717, 1.165) is 18.7 Å². The lowest BCUT2D eigenvalue weighted by Gasteiger charge is -2.55. The van der Waals surface area contributed by atoms with Crippen molar-refractivity contribution >= 4 is 23.3 Å². The maximum Gasteiger partial charge on any atom is 0.339 e. The van der Waals surface area contributed by atoms with Gasteiger partial charge >= 0.3 is 5.97 Å². The summed E-state index contributed by atoms with van der Waals surface area (Å²) in [6.07, 6.45) is 1.42. The zero-order valence-electron chi connectivity index (χ0n) is 12.5. The highest BCUT2D eigenvalue weighted by Gasteiger charge is 2.59. The second-order valence-corrected chi connectivity index (χ2v) is 6.78.